The molecule has 88 valence electrons. The summed E-state index contributed by atoms with van der Waals surface area (Å²) in [6, 6.07) is 10.4. The zero-order valence-corrected chi connectivity index (χ0v) is 10.5. The number of rotatable bonds is 8. The summed E-state index contributed by atoms with van der Waals surface area (Å²) < 4.78 is 5.65. The molecule has 0 aliphatic rings. The molecule has 0 radical (unpaired) electrons. The fourth-order valence-corrected chi connectivity index (χ4v) is 1.85. The summed E-state index contributed by atoms with van der Waals surface area (Å²) in [5, 5.41) is 0. The van der Waals surface area contributed by atoms with Crippen molar-refractivity contribution in [3.05, 3.63) is 48.6 Å². The van der Waals surface area contributed by atoms with Gasteiger partial charge in [-0.2, -0.15) is 12.6 Å². The Morgan fingerprint density at radius 1 is 1.31 bits per heavy atom. The molecule has 1 atom stereocenters. The first-order valence-electron chi connectivity index (χ1n) is 5.73. The largest absolute Gasteiger partial charge is 0.381 e. The van der Waals surface area contributed by atoms with E-state index in [2.05, 4.69) is 43.5 Å². The van der Waals surface area contributed by atoms with Crippen molar-refractivity contribution in [1.82, 2.24) is 0 Å². The van der Waals surface area contributed by atoms with Gasteiger partial charge in [0.15, 0.2) is 0 Å². The Hall–Kier alpha value is -0.730. The average molecular weight is 236 g/mol. The summed E-state index contributed by atoms with van der Waals surface area (Å²) in [5.41, 5.74) is 1.31. The smallest absolute Gasteiger partial charge is 0.0542 e. The van der Waals surface area contributed by atoms with Gasteiger partial charge >= 0.3 is 0 Å². The van der Waals surface area contributed by atoms with Gasteiger partial charge in [0.25, 0.3) is 0 Å². The molecule has 0 N–H and O–H groups in total. The zero-order chi connectivity index (χ0) is 11.6. The van der Waals surface area contributed by atoms with Gasteiger partial charge in [-0.15, -0.1) is 6.58 Å². The molecular formula is C14H20OS. The van der Waals surface area contributed by atoms with E-state index in [1.54, 1.807) is 0 Å². The Kier molecular flexibility index (Phi) is 7.02. The van der Waals surface area contributed by atoms with Crippen molar-refractivity contribution < 1.29 is 4.74 Å². The Labute approximate surface area is 104 Å². The van der Waals surface area contributed by atoms with Gasteiger partial charge in [-0.05, 0) is 24.2 Å². The van der Waals surface area contributed by atoms with Gasteiger partial charge < -0.3 is 4.74 Å². The second-order valence-electron chi connectivity index (χ2n) is 3.80. The Morgan fingerprint density at radius 3 is 2.69 bits per heavy atom. The Bertz CT molecular complexity index is 284. The normalized spacial score (nSPS) is 12.3. The molecule has 2 heteroatoms. The number of hydrogen-bond acceptors (Lipinski definition) is 2. The third-order valence-electron chi connectivity index (χ3n) is 2.51. The molecule has 0 aliphatic carbocycles. The first-order valence-corrected chi connectivity index (χ1v) is 6.36. The predicted molar refractivity (Wildman–Crippen MR) is 73.3 cm³/mol. The molecule has 1 nitrogen and oxygen atoms in total. The van der Waals surface area contributed by atoms with E-state index < -0.39 is 0 Å². The van der Waals surface area contributed by atoms with Gasteiger partial charge in [0.2, 0.25) is 0 Å². The summed E-state index contributed by atoms with van der Waals surface area (Å²) in [6.45, 7) is 5.25. The van der Waals surface area contributed by atoms with Crippen LogP contribution in [-0.4, -0.2) is 19.0 Å². The summed E-state index contributed by atoms with van der Waals surface area (Å²) in [6.07, 6.45) is 4.01. The number of allylic oxidation sites excluding steroid dienone is 1. The van der Waals surface area contributed by atoms with Crippen molar-refractivity contribution >= 4 is 12.6 Å². The summed E-state index contributed by atoms with van der Waals surface area (Å²) in [5.74, 6) is 1.22. The molecule has 0 spiro atoms. The number of unbranched alkanes of at least 4 members (excludes halogenated alkanes) is 1. The van der Waals surface area contributed by atoms with Crippen LogP contribution < -0.4 is 0 Å². The van der Waals surface area contributed by atoms with Gasteiger partial charge in [-0.1, -0.05) is 36.4 Å². The maximum atomic E-state index is 5.65. The highest BCUT2D eigenvalue weighted by Gasteiger charge is 2.08. The molecule has 0 fully saturated rings. The second kappa shape index (κ2) is 8.43. The Morgan fingerprint density at radius 2 is 2.06 bits per heavy atom. The number of hydrogen-bond donors (Lipinski definition) is 1. The van der Waals surface area contributed by atoms with Crippen molar-refractivity contribution in [2.75, 3.05) is 19.0 Å². The Balaban J connectivity index is 2.30. The summed E-state index contributed by atoms with van der Waals surface area (Å²) in [7, 11) is 0. The van der Waals surface area contributed by atoms with E-state index >= 15 is 0 Å². The van der Waals surface area contributed by atoms with Crippen molar-refractivity contribution in [1.29, 1.82) is 0 Å². The van der Waals surface area contributed by atoms with E-state index in [1.807, 2.05) is 12.1 Å². The van der Waals surface area contributed by atoms with Crippen LogP contribution in [0.15, 0.2) is 43.0 Å². The molecule has 0 saturated heterocycles. The second-order valence-corrected chi connectivity index (χ2v) is 4.16. The minimum absolute atomic E-state index is 0.397. The molecule has 16 heavy (non-hydrogen) atoms. The fraction of sp³-hybridized carbons (Fsp3) is 0.429. The molecule has 1 unspecified atom stereocenters. The molecule has 1 aromatic carbocycles. The SMILES string of the molecule is C=CCCCOCC(CS)c1ccccc1. The lowest BCUT2D eigenvalue weighted by Gasteiger charge is -2.14. The molecule has 0 heterocycles. The van der Waals surface area contributed by atoms with E-state index in [1.165, 1.54) is 5.56 Å². The van der Waals surface area contributed by atoms with Crippen LogP contribution in [0.3, 0.4) is 0 Å². The quantitative estimate of drug-likeness (QED) is 0.411. The van der Waals surface area contributed by atoms with Crippen LogP contribution in [0, 0.1) is 0 Å². The molecule has 0 aliphatic heterocycles. The molecule has 1 aromatic rings. The first kappa shape index (κ1) is 13.3. The van der Waals surface area contributed by atoms with Gasteiger partial charge in [-0.25, -0.2) is 0 Å². The van der Waals surface area contributed by atoms with E-state index in [-0.39, 0.29) is 0 Å². The van der Waals surface area contributed by atoms with Crippen LogP contribution in [0.5, 0.6) is 0 Å². The molecule has 1 rings (SSSR count). The lowest BCUT2D eigenvalue weighted by Crippen LogP contribution is -2.10. The van der Waals surface area contributed by atoms with E-state index in [0.29, 0.717) is 5.92 Å². The third kappa shape index (κ3) is 4.86. The highest BCUT2D eigenvalue weighted by atomic mass is 32.1. The first-order chi connectivity index (χ1) is 7.88. The minimum Gasteiger partial charge on any atom is -0.381 e. The van der Waals surface area contributed by atoms with E-state index in [9.17, 15) is 0 Å². The van der Waals surface area contributed by atoms with Gasteiger partial charge in [0.1, 0.15) is 0 Å². The van der Waals surface area contributed by atoms with Gasteiger partial charge in [-0.3, -0.25) is 0 Å². The average Bonchev–Trinajstić information content (AvgIpc) is 2.35. The standard InChI is InChI=1S/C14H20OS/c1-2-3-7-10-15-11-14(12-16)13-8-5-4-6-9-13/h2,4-6,8-9,14,16H,1,3,7,10-12H2. The maximum Gasteiger partial charge on any atom is 0.0542 e. The molecule has 0 bridgehead atoms. The molecule has 0 aromatic heterocycles. The molecule has 0 amide bonds. The summed E-state index contributed by atoms with van der Waals surface area (Å²) in [4.78, 5) is 0. The number of ether oxygens (including phenoxy) is 1. The van der Waals surface area contributed by atoms with Crippen LogP contribution in [0.2, 0.25) is 0 Å². The summed E-state index contributed by atoms with van der Waals surface area (Å²) >= 11 is 4.37. The highest BCUT2D eigenvalue weighted by Crippen LogP contribution is 2.17. The van der Waals surface area contributed by atoms with Crippen LogP contribution in [0.1, 0.15) is 24.3 Å². The lowest BCUT2D eigenvalue weighted by atomic mass is 10.0. The van der Waals surface area contributed by atoms with Crippen LogP contribution in [-0.2, 0) is 4.74 Å². The van der Waals surface area contributed by atoms with Crippen molar-refractivity contribution in [3.63, 3.8) is 0 Å². The monoisotopic (exact) mass is 236 g/mol. The third-order valence-corrected chi connectivity index (χ3v) is 2.95. The van der Waals surface area contributed by atoms with Crippen molar-refractivity contribution in [2.45, 2.75) is 18.8 Å². The molecule has 0 saturated carbocycles. The lowest BCUT2D eigenvalue weighted by molar-refractivity contribution is 0.123. The zero-order valence-electron chi connectivity index (χ0n) is 9.64. The van der Waals surface area contributed by atoms with Crippen molar-refractivity contribution in [3.8, 4) is 0 Å². The van der Waals surface area contributed by atoms with Crippen LogP contribution in [0.4, 0.5) is 0 Å². The number of thiol groups is 1. The van der Waals surface area contributed by atoms with E-state index in [4.69, 9.17) is 4.74 Å². The maximum absolute atomic E-state index is 5.65. The van der Waals surface area contributed by atoms with Crippen molar-refractivity contribution in [2.24, 2.45) is 0 Å². The van der Waals surface area contributed by atoms with E-state index in [0.717, 1.165) is 31.8 Å². The fourth-order valence-electron chi connectivity index (χ4n) is 1.53. The van der Waals surface area contributed by atoms with Gasteiger partial charge in [0.05, 0.1) is 6.61 Å². The highest BCUT2D eigenvalue weighted by molar-refractivity contribution is 7.80. The van der Waals surface area contributed by atoms with Crippen LogP contribution in [0.25, 0.3) is 0 Å². The minimum atomic E-state index is 0.397. The predicted octanol–water partition coefficient (Wildman–Crippen LogP) is 3.68. The molecular weight excluding hydrogens is 216 g/mol. The number of benzene rings is 1. The van der Waals surface area contributed by atoms with Gasteiger partial charge in [0, 0.05) is 12.5 Å². The topological polar surface area (TPSA) is 9.23 Å². The van der Waals surface area contributed by atoms with Crippen LogP contribution >= 0.6 is 12.6 Å².